The molecule has 0 unspecified atom stereocenters. The highest BCUT2D eigenvalue weighted by atomic mass is 15.0. The van der Waals surface area contributed by atoms with Crippen LogP contribution in [0.2, 0.25) is 0 Å². The minimum Gasteiger partial charge on any atom is -0.309 e. The van der Waals surface area contributed by atoms with E-state index in [9.17, 15) is 0 Å². The van der Waals surface area contributed by atoms with Gasteiger partial charge in [-0.2, -0.15) is 0 Å². The summed E-state index contributed by atoms with van der Waals surface area (Å²) in [5, 5.41) is 14.9. The Morgan fingerprint density at radius 3 is 1.05 bits per heavy atom. The van der Waals surface area contributed by atoms with Crippen molar-refractivity contribution in [2.24, 2.45) is 0 Å². The summed E-state index contributed by atoms with van der Waals surface area (Å²) in [6, 6.07) is 122. The summed E-state index contributed by atoms with van der Waals surface area (Å²) < 4.78 is 4.84. The van der Waals surface area contributed by atoms with E-state index >= 15 is 0 Å². The van der Waals surface area contributed by atoms with E-state index in [1.165, 1.54) is 187 Å². The molecule has 2 aromatic heterocycles. The molecule has 0 aliphatic heterocycles. The van der Waals surface area contributed by atoms with Gasteiger partial charge >= 0.3 is 0 Å². The molecule has 0 atom stereocenters. The van der Waals surface area contributed by atoms with Crippen LogP contribution in [0.3, 0.4) is 0 Å². The molecule has 0 amide bonds. The van der Waals surface area contributed by atoms with Gasteiger partial charge in [-0.1, -0.05) is 279 Å². The highest BCUT2D eigenvalue weighted by molar-refractivity contribution is 6.14. The van der Waals surface area contributed by atoms with Crippen molar-refractivity contribution in [2.75, 3.05) is 0 Å². The van der Waals surface area contributed by atoms with E-state index in [1.807, 2.05) is 0 Å². The van der Waals surface area contributed by atoms with Gasteiger partial charge in [0.1, 0.15) is 0 Å². The molecule has 0 bridgehead atoms. The average molecular weight is 1200 g/mol. The number of hydrogen-bond acceptors (Lipinski definition) is 0. The first-order valence-corrected chi connectivity index (χ1v) is 33.0. The van der Waals surface area contributed by atoms with Crippen LogP contribution < -0.4 is 0 Å². The molecule has 2 heteroatoms. The lowest BCUT2D eigenvalue weighted by atomic mass is 9.70. The van der Waals surface area contributed by atoms with Crippen LogP contribution >= 0.6 is 0 Å². The van der Waals surface area contributed by atoms with E-state index in [-0.39, 0.29) is 0 Å². The minimum atomic E-state index is -0.514. The number of fused-ring (bicyclic) bond motifs is 20. The molecule has 0 saturated carbocycles. The molecule has 0 fully saturated rings. The van der Waals surface area contributed by atoms with Crippen molar-refractivity contribution in [1.29, 1.82) is 0 Å². The molecule has 20 rings (SSSR count). The molecule has 95 heavy (non-hydrogen) atoms. The van der Waals surface area contributed by atoms with Crippen molar-refractivity contribution < 1.29 is 0 Å². The number of nitrogens with zero attached hydrogens (tertiary/aromatic N) is 2. The van der Waals surface area contributed by atoms with Crippen LogP contribution in [0.15, 0.2) is 328 Å². The monoisotopic (exact) mass is 1200 g/mol. The predicted molar refractivity (Wildman–Crippen MR) is 403 cm³/mol. The Labute approximate surface area is 550 Å². The van der Waals surface area contributed by atoms with E-state index in [0.717, 1.165) is 0 Å². The van der Waals surface area contributed by atoms with E-state index in [4.69, 9.17) is 0 Å². The topological polar surface area (TPSA) is 9.86 Å². The quantitative estimate of drug-likeness (QED) is 0.134. The van der Waals surface area contributed by atoms with Gasteiger partial charge in [0.2, 0.25) is 0 Å². The van der Waals surface area contributed by atoms with Crippen LogP contribution in [-0.4, -0.2) is 9.13 Å². The Hall–Kier alpha value is -12.4. The Balaban J connectivity index is 0.651. The highest BCUT2D eigenvalue weighted by Crippen LogP contribution is 2.63. The number of benzene rings is 16. The van der Waals surface area contributed by atoms with Crippen LogP contribution in [-0.2, 0) is 5.41 Å². The second kappa shape index (κ2) is 20.8. The standard InChI is InChI=1S/C93H58N2/c1-3-19-65-55-69(45-39-61(65)17-1)94-89-31-15-11-27-81(89)83-57-67(43-51-91(83)94)73-49-41-63(71-21-5-7-23-75(71)73)37-33-59-35-47-79-80-48-36-60(54-88(80)93(87(79)53-59)85-29-13-9-25-77(85)78-26-10-14-30-86(78)93)34-38-64-42-50-74(76-24-8-6-22-72(64)76)68-44-52-92-84(58-68)82-28-12-16-32-90(82)95(92)70-46-40-62-18-2-4-20-66(62)56-70/h1-58H. The molecule has 2 aliphatic carbocycles. The Kier molecular flexibility index (Phi) is 11.7. The fourth-order valence-corrected chi connectivity index (χ4v) is 16.7. The Morgan fingerprint density at radius 1 is 0.211 bits per heavy atom. The molecule has 0 radical (unpaired) electrons. The maximum Gasteiger partial charge on any atom is 0.0725 e. The molecular formula is C93H58N2. The summed E-state index contributed by atoms with van der Waals surface area (Å²) in [6.07, 6.45) is 9.30. The predicted octanol–water partition coefficient (Wildman–Crippen LogP) is 24.5. The lowest BCUT2D eigenvalue weighted by Crippen LogP contribution is -2.26. The zero-order valence-corrected chi connectivity index (χ0v) is 51.9. The summed E-state index contributed by atoms with van der Waals surface area (Å²) in [5.41, 5.74) is 26.7. The average Bonchev–Trinajstić information content (AvgIpc) is 1.51. The van der Waals surface area contributed by atoms with Gasteiger partial charge < -0.3 is 9.13 Å². The van der Waals surface area contributed by atoms with Gasteiger partial charge in [-0.15, -0.1) is 0 Å². The maximum absolute atomic E-state index is 2.48. The number of rotatable bonds is 8. The normalized spacial score (nSPS) is 13.1. The van der Waals surface area contributed by atoms with Gasteiger partial charge in [0, 0.05) is 32.9 Å². The van der Waals surface area contributed by atoms with Gasteiger partial charge in [0.05, 0.1) is 27.5 Å². The van der Waals surface area contributed by atoms with Crippen molar-refractivity contribution in [3.63, 3.8) is 0 Å². The third kappa shape index (κ3) is 8.05. The molecule has 440 valence electrons. The Bertz CT molecular complexity index is 5970. The van der Waals surface area contributed by atoms with Crippen molar-refractivity contribution in [1.82, 2.24) is 9.13 Å². The third-order valence-electron chi connectivity index (χ3n) is 20.9. The maximum atomic E-state index is 2.48. The van der Waals surface area contributed by atoms with Gasteiger partial charge in [-0.3, -0.25) is 0 Å². The summed E-state index contributed by atoms with van der Waals surface area (Å²) >= 11 is 0. The highest BCUT2D eigenvalue weighted by Gasteiger charge is 2.51. The lowest BCUT2D eigenvalue weighted by Gasteiger charge is -2.30. The van der Waals surface area contributed by atoms with Gasteiger partial charge in [-0.05, 0) is 205 Å². The molecule has 16 aromatic carbocycles. The number of para-hydroxylation sites is 2. The summed E-state index contributed by atoms with van der Waals surface area (Å²) in [7, 11) is 0. The molecule has 2 heterocycles. The molecule has 1 spiro atoms. The summed E-state index contributed by atoms with van der Waals surface area (Å²) in [4.78, 5) is 0. The fraction of sp³-hybridized carbons (Fsp3) is 0.0108. The smallest absolute Gasteiger partial charge is 0.0725 e. The molecule has 0 saturated heterocycles. The van der Waals surface area contributed by atoms with Crippen LogP contribution in [0.25, 0.3) is 167 Å². The van der Waals surface area contributed by atoms with Crippen LogP contribution in [0.5, 0.6) is 0 Å². The van der Waals surface area contributed by atoms with E-state index in [0.29, 0.717) is 0 Å². The van der Waals surface area contributed by atoms with Gasteiger partial charge in [-0.25, -0.2) is 0 Å². The molecular weight excluding hydrogens is 1150 g/mol. The zero-order valence-electron chi connectivity index (χ0n) is 51.9. The molecule has 0 N–H and O–H groups in total. The van der Waals surface area contributed by atoms with Gasteiger partial charge in [0.15, 0.2) is 0 Å². The number of aromatic nitrogens is 2. The van der Waals surface area contributed by atoms with E-state index in [2.05, 4.69) is 361 Å². The third-order valence-corrected chi connectivity index (χ3v) is 20.9. The largest absolute Gasteiger partial charge is 0.309 e. The first-order chi connectivity index (χ1) is 47.1. The second-order valence-corrected chi connectivity index (χ2v) is 25.8. The first kappa shape index (κ1) is 53.3. The lowest BCUT2D eigenvalue weighted by molar-refractivity contribution is 0.793. The number of hydrogen-bond donors (Lipinski definition) is 0. The van der Waals surface area contributed by atoms with Crippen LogP contribution in [0, 0.1) is 0 Å². The van der Waals surface area contributed by atoms with E-state index < -0.39 is 5.41 Å². The van der Waals surface area contributed by atoms with E-state index in [1.54, 1.807) is 0 Å². The van der Waals surface area contributed by atoms with Crippen molar-refractivity contribution in [3.05, 3.63) is 372 Å². The molecule has 2 nitrogen and oxygen atoms in total. The van der Waals surface area contributed by atoms with Crippen molar-refractivity contribution in [3.8, 4) is 55.9 Å². The second-order valence-electron chi connectivity index (χ2n) is 25.8. The Morgan fingerprint density at radius 2 is 0.579 bits per heavy atom. The summed E-state index contributed by atoms with van der Waals surface area (Å²) in [6.45, 7) is 0. The van der Waals surface area contributed by atoms with Crippen molar-refractivity contribution in [2.45, 2.75) is 5.41 Å². The SMILES string of the molecule is C(=Cc1ccc(-c2ccc3c(c2)c2ccccc2n3-c2ccc3ccccc3c2)c2ccccc12)c1ccc2c(c1)C1(c3ccccc3-c3ccccc31)c1cc(C=Cc3ccc(-c4ccc5c(c4)c4ccccc4n5-c4ccc5ccccc5c4)c4ccccc34)ccc1-2. The van der Waals surface area contributed by atoms with Crippen LogP contribution in [0.1, 0.15) is 44.5 Å². The zero-order chi connectivity index (χ0) is 62.3. The summed E-state index contributed by atoms with van der Waals surface area (Å²) in [5.74, 6) is 0. The van der Waals surface area contributed by atoms with Crippen LogP contribution in [0.4, 0.5) is 0 Å². The minimum absolute atomic E-state index is 0.514. The first-order valence-electron chi connectivity index (χ1n) is 33.0. The van der Waals surface area contributed by atoms with Crippen molar-refractivity contribution >= 4 is 111 Å². The molecule has 2 aliphatic rings. The van der Waals surface area contributed by atoms with Gasteiger partial charge in [0.25, 0.3) is 0 Å². The molecule has 18 aromatic rings. The fourth-order valence-electron chi connectivity index (χ4n) is 16.7.